The van der Waals surface area contributed by atoms with E-state index >= 15 is 0 Å². The summed E-state index contributed by atoms with van der Waals surface area (Å²) >= 11 is 5.88. The zero-order valence-corrected chi connectivity index (χ0v) is 18.3. The molecule has 1 heterocycles. The van der Waals surface area contributed by atoms with Crippen LogP contribution in [-0.4, -0.2) is 37.6 Å². The maximum atomic E-state index is 13.6. The number of allylic oxidation sites excluding steroid dienone is 2. The number of para-hydroxylation sites is 1. The van der Waals surface area contributed by atoms with Crippen molar-refractivity contribution in [1.29, 1.82) is 0 Å². The first kappa shape index (κ1) is 23.1. The third-order valence-corrected chi connectivity index (χ3v) is 6.09. The fourth-order valence-electron chi connectivity index (χ4n) is 4.21. The highest BCUT2D eigenvalue weighted by atomic mass is 35.5. The van der Waals surface area contributed by atoms with Gasteiger partial charge in [-0.05, 0) is 31.0 Å². The van der Waals surface area contributed by atoms with Crippen molar-refractivity contribution in [1.82, 2.24) is 10.0 Å². The van der Waals surface area contributed by atoms with Gasteiger partial charge < -0.3 is 0 Å². The molecular weight excluding hydrogens is 468 g/mol. The van der Waals surface area contributed by atoms with Crippen LogP contribution >= 0.6 is 11.6 Å². The molecule has 1 saturated heterocycles. The van der Waals surface area contributed by atoms with Gasteiger partial charge in [-0.25, -0.2) is 5.01 Å². The molecule has 3 amide bonds. The summed E-state index contributed by atoms with van der Waals surface area (Å²) in [5.41, 5.74) is -1.32. The molecule has 11 nitrogen and oxygen atoms in total. The first-order valence-corrected chi connectivity index (χ1v) is 10.6. The number of halogens is 1. The smallest absolute Gasteiger partial charge is 0.272 e. The Balaban J connectivity index is 1.82. The van der Waals surface area contributed by atoms with Crippen LogP contribution in [0.4, 0.5) is 11.4 Å². The molecule has 34 heavy (non-hydrogen) atoms. The van der Waals surface area contributed by atoms with Gasteiger partial charge >= 0.3 is 0 Å². The van der Waals surface area contributed by atoms with E-state index in [1.54, 1.807) is 12.2 Å². The van der Waals surface area contributed by atoms with Crippen LogP contribution in [0.1, 0.15) is 28.8 Å². The molecule has 2 aliphatic rings. The van der Waals surface area contributed by atoms with Gasteiger partial charge in [0.2, 0.25) is 0 Å². The number of hydrogen-bond acceptors (Lipinski definition) is 7. The van der Waals surface area contributed by atoms with Crippen LogP contribution in [0, 0.1) is 32.1 Å². The lowest BCUT2D eigenvalue weighted by Gasteiger charge is -2.30. The Bertz CT molecular complexity index is 1240. The van der Waals surface area contributed by atoms with Crippen LogP contribution < -0.4 is 0 Å². The number of carbonyl (C=O) groups is 3. The molecule has 174 valence electrons. The van der Waals surface area contributed by atoms with Gasteiger partial charge in [-0.3, -0.25) is 34.6 Å². The van der Waals surface area contributed by atoms with E-state index in [2.05, 4.69) is 0 Å². The minimum absolute atomic E-state index is 0.00469. The standard InChI is InChI=1S/C22H17ClN4O7/c23-14-10-9-13(19(11-14)27(33)34)12-24(20(28)17-7-3-4-8-18(17)26(31)32)25-21(29)15-5-1-2-6-16(15)22(25)30/h1-4,7-11,15-16H,5-6,12H2/t15-,16+. The monoisotopic (exact) mass is 484 g/mol. The third-order valence-electron chi connectivity index (χ3n) is 5.86. The number of hydrazine groups is 1. The first-order chi connectivity index (χ1) is 16.2. The number of nitrogens with zero attached hydrogens (tertiary/aromatic N) is 4. The summed E-state index contributed by atoms with van der Waals surface area (Å²) in [6, 6.07) is 8.85. The van der Waals surface area contributed by atoms with Crippen LogP contribution in [0.25, 0.3) is 0 Å². The maximum Gasteiger partial charge on any atom is 0.282 e. The SMILES string of the molecule is O=C(c1ccccc1[N+](=O)[O-])N(Cc1ccc(Cl)cc1[N+](=O)[O-])N1C(=O)[C@H]2CC=CC[C@H]2C1=O. The normalized spacial score (nSPS) is 19.1. The highest BCUT2D eigenvalue weighted by Gasteiger charge is 2.51. The predicted octanol–water partition coefficient (Wildman–Crippen LogP) is 3.67. The molecule has 1 aliphatic heterocycles. The molecule has 0 aromatic heterocycles. The van der Waals surface area contributed by atoms with Crippen molar-refractivity contribution >= 4 is 40.7 Å². The van der Waals surface area contributed by atoms with Crippen LogP contribution in [0.2, 0.25) is 5.02 Å². The molecular formula is C22H17ClN4O7. The van der Waals surface area contributed by atoms with Crippen molar-refractivity contribution < 1.29 is 24.2 Å². The largest absolute Gasteiger partial charge is 0.282 e. The molecule has 1 aliphatic carbocycles. The van der Waals surface area contributed by atoms with Gasteiger partial charge in [0.15, 0.2) is 0 Å². The quantitative estimate of drug-likeness (QED) is 0.263. The molecule has 2 atom stereocenters. The highest BCUT2D eigenvalue weighted by Crippen LogP contribution is 2.37. The number of amides is 3. The number of nitro benzene ring substituents is 2. The van der Waals surface area contributed by atoms with Crippen LogP contribution in [0.15, 0.2) is 54.6 Å². The number of nitro groups is 2. The molecule has 0 radical (unpaired) electrons. The Morgan fingerprint density at radius 1 is 0.971 bits per heavy atom. The molecule has 1 fully saturated rings. The summed E-state index contributed by atoms with van der Waals surface area (Å²) in [7, 11) is 0. The molecule has 2 aromatic carbocycles. The van der Waals surface area contributed by atoms with Crippen LogP contribution in [0.5, 0.6) is 0 Å². The number of benzene rings is 2. The summed E-state index contributed by atoms with van der Waals surface area (Å²) in [6.45, 7) is -0.553. The Morgan fingerprint density at radius 2 is 1.56 bits per heavy atom. The molecule has 0 unspecified atom stereocenters. The van der Waals surface area contributed by atoms with E-state index in [4.69, 9.17) is 11.6 Å². The number of imide groups is 1. The average molecular weight is 485 g/mol. The van der Waals surface area contributed by atoms with Gasteiger partial charge in [0.05, 0.1) is 33.8 Å². The Hall–Kier alpha value is -4.12. The van der Waals surface area contributed by atoms with Crippen molar-refractivity contribution in [3.63, 3.8) is 0 Å². The maximum absolute atomic E-state index is 13.6. The van der Waals surface area contributed by atoms with Gasteiger partial charge in [-0.2, -0.15) is 5.01 Å². The third kappa shape index (κ3) is 4.01. The van der Waals surface area contributed by atoms with Crippen LogP contribution in [0.3, 0.4) is 0 Å². The first-order valence-electron chi connectivity index (χ1n) is 10.2. The lowest BCUT2D eigenvalue weighted by Crippen LogP contribution is -2.50. The second-order valence-electron chi connectivity index (χ2n) is 7.81. The van der Waals surface area contributed by atoms with E-state index in [0.717, 1.165) is 17.1 Å². The van der Waals surface area contributed by atoms with Gasteiger partial charge in [0.25, 0.3) is 29.1 Å². The minimum Gasteiger partial charge on any atom is -0.272 e. The molecule has 0 saturated carbocycles. The minimum atomic E-state index is -1.01. The zero-order valence-electron chi connectivity index (χ0n) is 17.5. The van der Waals surface area contributed by atoms with Crippen molar-refractivity contribution in [2.75, 3.05) is 0 Å². The second kappa shape index (κ2) is 9.02. The Kier molecular flexibility index (Phi) is 6.12. The van der Waals surface area contributed by atoms with Crippen molar-refractivity contribution in [2.45, 2.75) is 19.4 Å². The highest BCUT2D eigenvalue weighted by molar-refractivity contribution is 6.30. The fraction of sp³-hybridized carbons (Fsp3) is 0.227. The summed E-state index contributed by atoms with van der Waals surface area (Å²) in [4.78, 5) is 61.6. The molecule has 0 bridgehead atoms. The van der Waals surface area contributed by atoms with Gasteiger partial charge in [0.1, 0.15) is 5.56 Å². The van der Waals surface area contributed by atoms with E-state index in [1.165, 1.54) is 30.3 Å². The molecule has 0 spiro atoms. The molecule has 0 N–H and O–H groups in total. The number of hydrogen-bond donors (Lipinski definition) is 0. The number of rotatable bonds is 6. The van der Waals surface area contributed by atoms with E-state index in [1.807, 2.05) is 0 Å². The number of fused-ring (bicyclic) bond motifs is 1. The van der Waals surface area contributed by atoms with Gasteiger partial charge in [-0.15, -0.1) is 0 Å². The summed E-state index contributed by atoms with van der Waals surface area (Å²) in [5, 5.41) is 24.6. The van der Waals surface area contributed by atoms with Gasteiger partial charge in [0, 0.05) is 17.2 Å². The van der Waals surface area contributed by atoms with Crippen molar-refractivity contribution in [3.8, 4) is 0 Å². The lowest BCUT2D eigenvalue weighted by molar-refractivity contribution is -0.385. The molecule has 4 rings (SSSR count). The van der Waals surface area contributed by atoms with Crippen molar-refractivity contribution in [3.05, 3.63) is 91.0 Å². The Morgan fingerprint density at radius 3 is 2.15 bits per heavy atom. The van der Waals surface area contributed by atoms with Crippen molar-refractivity contribution in [2.24, 2.45) is 11.8 Å². The number of carbonyl (C=O) groups excluding carboxylic acids is 3. The molecule has 2 aromatic rings. The lowest BCUT2D eigenvalue weighted by atomic mass is 9.85. The van der Waals surface area contributed by atoms with E-state index < -0.39 is 57.3 Å². The van der Waals surface area contributed by atoms with Gasteiger partial charge in [-0.1, -0.05) is 35.9 Å². The van der Waals surface area contributed by atoms with Crippen LogP contribution in [-0.2, 0) is 16.1 Å². The zero-order chi connectivity index (χ0) is 24.6. The van der Waals surface area contributed by atoms with E-state index in [0.29, 0.717) is 17.9 Å². The van der Waals surface area contributed by atoms with E-state index in [-0.39, 0.29) is 16.1 Å². The summed E-state index contributed by atoms with van der Waals surface area (Å²) in [5.74, 6) is -3.65. The Labute approximate surface area is 197 Å². The average Bonchev–Trinajstić information content (AvgIpc) is 3.08. The predicted molar refractivity (Wildman–Crippen MR) is 118 cm³/mol. The molecule has 12 heteroatoms. The topological polar surface area (TPSA) is 144 Å². The summed E-state index contributed by atoms with van der Waals surface area (Å²) < 4.78 is 0. The van der Waals surface area contributed by atoms with E-state index in [9.17, 15) is 34.6 Å². The second-order valence-corrected chi connectivity index (χ2v) is 8.25. The fourth-order valence-corrected chi connectivity index (χ4v) is 4.38. The summed E-state index contributed by atoms with van der Waals surface area (Å²) in [6.07, 6.45) is 4.16.